The van der Waals surface area contributed by atoms with Gasteiger partial charge < -0.3 is 10.6 Å². The molecular weight excluding hydrogens is 413 g/mol. The Labute approximate surface area is 173 Å². The van der Waals surface area contributed by atoms with Crippen LogP contribution in [0.1, 0.15) is 26.1 Å². The second kappa shape index (κ2) is 7.30. The van der Waals surface area contributed by atoms with Crippen LogP contribution in [0.15, 0.2) is 30.5 Å². The van der Waals surface area contributed by atoms with Gasteiger partial charge in [-0.3, -0.25) is 14.9 Å². The maximum Gasteiger partial charge on any atom is 0.322 e. The summed E-state index contributed by atoms with van der Waals surface area (Å²) in [5, 5.41) is 16.2. The molecule has 3 N–H and O–H groups in total. The van der Waals surface area contributed by atoms with Crippen molar-refractivity contribution in [2.45, 2.75) is 19.4 Å². The summed E-state index contributed by atoms with van der Waals surface area (Å²) in [6.07, 6.45) is 1.25. The number of halogens is 1. The Morgan fingerprint density at radius 1 is 1.27 bits per heavy atom. The molecule has 1 aliphatic heterocycles. The van der Waals surface area contributed by atoms with E-state index in [-0.39, 0.29) is 12.2 Å². The Hall–Kier alpha value is -3.67. The van der Waals surface area contributed by atoms with Crippen molar-refractivity contribution < 1.29 is 18.8 Å². The normalized spacial score (nSPS) is 18.2. The van der Waals surface area contributed by atoms with Gasteiger partial charge in [0.05, 0.1) is 29.1 Å². The van der Waals surface area contributed by atoms with Crippen LogP contribution in [0.5, 0.6) is 0 Å². The molecule has 3 aromatic rings. The van der Waals surface area contributed by atoms with Crippen molar-refractivity contribution in [3.8, 4) is 5.69 Å². The van der Waals surface area contributed by atoms with Crippen molar-refractivity contribution >= 4 is 29.2 Å². The predicted octanol–water partition coefficient (Wildman–Crippen LogP) is 0.944. The molecule has 0 aliphatic carbocycles. The number of urea groups is 1. The second-order valence-electron chi connectivity index (χ2n) is 6.63. The van der Waals surface area contributed by atoms with Crippen molar-refractivity contribution in [2.24, 2.45) is 0 Å². The van der Waals surface area contributed by atoms with Gasteiger partial charge in [0.25, 0.3) is 11.8 Å². The average molecular weight is 429 g/mol. The minimum atomic E-state index is -1.52. The van der Waals surface area contributed by atoms with Gasteiger partial charge in [-0.25, -0.2) is 14.2 Å². The Kier molecular flexibility index (Phi) is 4.78. The summed E-state index contributed by atoms with van der Waals surface area (Å²) in [5.41, 5.74) is -0.675. The summed E-state index contributed by atoms with van der Waals surface area (Å²) >= 11 is 1.38. The molecule has 1 aromatic carbocycles. The summed E-state index contributed by atoms with van der Waals surface area (Å²) in [6.45, 7) is 3.35. The van der Waals surface area contributed by atoms with Crippen molar-refractivity contribution in [1.29, 1.82) is 0 Å². The van der Waals surface area contributed by atoms with E-state index < -0.39 is 29.2 Å². The van der Waals surface area contributed by atoms with E-state index in [9.17, 15) is 18.8 Å². The molecule has 0 bridgehead atoms. The van der Waals surface area contributed by atoms with Crippen LogP contribution in [0.4, 0.5) is 9.18 Å². The summed E-state index contributed by atoms with van der Waals surface area (Å²) in [4.78, 5) is 43.3. The molecule has 154 valence electrons. The zero-order chi connectivity index (χ0) is 21.5. The first kappa shape index (κ1) is 19.6. The summed E-state index contributed by atoms with van der Waals surface area (Å²) in [6, 6.07) is 4.78. The molecular formula is C18H16FN7O3S. The average Bonchev–Trinajstić information content (AvgIpc) is 3.38. The molecule has 0 spiro atoms. The first-order valence-electron chi connectivity index (χ1n) is 8.83. The number of carbonyl (C=O) groups excluding carboxylic acids is 3. The molecule has 0 radical (unpaired) electrons. The number of imide groups is 1. The van der Waals surface area contributed by atoms with Crippen LogP contribution in [0.3, 0.4) is 0 Å². The number of aromatic nitrogens is 4. The number of hydrogen-bond acceptors (Lipinski definition) is 7. The Morgan fingerprint density at radius 2 is 2.00 bits per heavy atom. The number of hydrogen-bond donors (Lipinski definition) is 3. The number of rotatable bonds is 5. The van der Waals surface area contributed by atoms with Crippen LogP contribution in [-0.2, 0) is 10.3 Å². The highest BCUT2D eigenvalue weighted by molar-refractivity contribution is 7.11. The number of carbonyl (C=O) groups is 3. The lowest BCUT2D eigenvalue weighted by Gasteiger charge is -2.25. The van der Waals surface area contributed by atoms with Gasteiger partial charge in [-0.05, 0) is 38.1 Å². The van der Waals surface area contributed by atoms with Crippen LogP contribution in [0, 0.1) is 19.7 Å². The standard InChI is InChI=1S/C18H16FN7O3S/c1-9-14(22-10(2)30-9)18(16(28)23-17(29)24-18)8-20-15(27)13-7-21-26(25-13)12-5-3-11(19)4-6-12/h3-7H,8H2,1-2H3,(H,20,27)(H2,23,24,28,29)/t18-/m1/s1. The summed E-state index contributed by atoms with van der Waals surface area (Å²) < 4.78 is 13.1. The van der Waals surface area contributed by atoms with Gasteiger partial charge in [0.2, 0.25) is 0 Å². The first-order chi connectivity index (χ1) is 14.3. The molecule has 12 heteroatoms. The molecule has 1 saturated heterocycles. The number of benzene rings is 1. The number of nitrogens with one attached hydrogen (secondary N) is 3. The molecule has 1 aliphatic rings. The fraction of sp³-hybridized carbons (Fsp3) is 0.222. The van der Waals surface area contributed by atoms with E-state index in [1.807, 2.05) is 0 Å². The van der Waals surface area contributed by atoms with Crippen LogP contribution >= 0.6 is 11.3 Å². The second-order valence-corrected chi connectivity index (χ2v) is 8.04. The topological polar surface area (TPSA) is 131 Å². The minimum Gasteiger partial charge on any atom is -0.347 e. The third-order valence-electron chi connectivity index (χ3n) is 4.55. The maximum atomic E-state index is 13.1. The van der Waals surface area contributed by atoms with Gasteiger partial charge in [-0.1, -0.05) is 0 Å². The number of thiazole rings is 1. The van der Waals surface area contributed by atoms with Gasteiger partial charge in [0, 0.05) is 4.88 Å². The van der Waals surface area contributed by atoms with E-state index in [0.29, 0.717) is 11.4 Å². The van der Waals surface area contributed by atoms with Gasteiger partial charge in [-0.15, -0.1) is 16.4 Å². The molecule has 4 rings (SSSR count). The highest BCUT2D eigenvalue weighted by Gasteiger charge is 2.50. The Bertz CT molecular complexity index is 1160. The highest BCUT2D eigenvalue weighted by atomic mass is 32.1. The monoisotopic (exact) mass is 429 g/mol. The molecule has 0 unspecified atom stereocenters. The van der Waals surface area contributed by atoms with Crippen LogP contribution < -0.4 is 16.0 Å². The van der Waals surface area contributed by atoms with E-state index in [0.717, 1.165) is 9.88 Å². The van der Waals surface area contributed by atoms with Gasteiger partial charge in [-0.2, -0.15) is 9.90 Å². The fourth-order valence-corrected chi connectivity index (χ4v) is 4.06. The minimum absolute atomic E-state index is 0.00890. The van der Waals surface area contributed by atoms with Gasteiger partial charge in [0.1, 0.15) is 5.82 Å². The lowest BCUT2D eigenvalue weighted by Crippen LogP contribution is -2.53. The zero-order valence-corrected chi connectivity index (χ0v) is 16.7. The molecule has 4 amide bonds. The number of nitrogens with zero attached hydrogens (tertiary/aromatic N) is 4. The number of amides is 4. The van der Waals surface area contributed by atoms with Crippen LogP contribution in [0.25, 0.3) is 5.69 Å². The van der Waals surface area contributed by atoms with E-state index >= 15 is 0 Å². The fourth-order valence-electron chi connectivity index (χ4n) is 3.16. The van der Waals surface area contributed by atoms with Gasteiger partial charge in [0.15, 0.2) is 11.2 Å². The van der Waals surface area contributed by atoms with Crippen molar-refractivity contribution in [2.75, 3.05) is 6.54 Å². The maximum absolute atomic E-state index is 13.1. The van der Waals surface area contributed by atoms with E-state index in [1.165, 1.54) is 46.6 Å². The molecule has 2 aromatic heterocycles. The lowest BCUT2D eigenvalue weighted by atomic mass is 9.94. The Morgan fingerprint density at radius 3 is 2.60 bits per heavy atom. The van der Waals surface area contributed by atoms with Gasteiger partial charge >= 0.3 is 6.03 Å². The smallest absolute Gasteiger partial charge is 0.322 e. The van der Waals surface area contributed by atoms with Crippen molar-refractivity contribution in [1.82, 2.24) is 35.9 Å². The van der Waals surface area contributed by atoms with Crippen LogP contribution in [-0.4, -0.2) is 44.4 Å². The number of aryl methyl sites for hydroxylation is 2. The third-order valence-corrected chi connectivity index (χ3v) is 5.43. The molecule has 0 saturated carbocycles. The molecule has 10 nitrogen and oxygen atoms in total. The largest absolute Gasteiger partial charge is 0.347 e. The SMILES string of the molecule is Cc1nc([C@@]2(CNC(=O)c3cnn(-c4ccc(F)cc4)n3)NC(=O)NC2=O)c(C)s1. The molecule has 30 heavy (non-hydrogen) atoms. The summed E-state index contributed by atoms with van der Waals surface area (Å²) in [7, 11) is 0. The zero-order valence-electron chi connectivity index (χ0n) is 15.9. The van der Waals surface area contributed by atoms with Crippen molar-refractivity contribution in [3.63, 3.8) is 0 Å². The highest BCUT2D eigenvalue weighted by Crippen LogP contribution is 2.30. The first-order valence-corrected chi connectivity index (χ1v) is 9.65. The molecule has 1 atom stereocenters. The van der Waals surface area contributed by atoms with E-state index in [2.05, 4.69) is 31.1 Å². The van der Waals surface area contributed by atoms with Crippen molar-refractivity contribution in [3.05, 3.63) is 57.6 Å². The molecule has 1 fully saturated rings. The third kappa shape index (κ3) is 3.41. The Balaban J connectivity index is 1.55. The van der Waals surface area contributed by atoms with E-state index in [1.54, 1.807) is 13.8 Å². The lowest BCUT2D eigenvalue weighted by molar-refractivity contribution is -0.124. The molecule has 3 heterocycles. The van der Waals surface area contributed by atoms with Crippen LogP contribution in [0.2, 0.25) is 0 Å². The van der Waals surface area contributed by atoms with E-state index in [4.69, 9.17) is 0 Å². The predicted molar refractivity (Wildman–Crippen MR) is 104 cm³/mol. The summed E-state index contributed by atoms with van der Waals surface area (Å²) in [5.74, 6) is -1.60. The quantitative estimate of drug-likeness (QED) is 0.518.